The number of halogens is 2. The molecule has 1 aliphatic rings. The molecule has 1 heterocycles. The zero-order chi connectivity index (χ0) is 14.3. The maximum atomic E-state index is 13.8. The zero-order valence-corrected chi connectivity index (χ0v) is 10.9. The largest absolute Gasteiger partial charge is 0.325 e. The van der Waals surface area contributed by atoms with Crippen LogP contribution in [-0.2, 0) is 16.6 Å². The Balaban J connectivity index is 2.07. The lowest BCUT2D eigenvalue weighted by molar-refractivity contribution is -0.120. The molecule has 1 aliphatic heterocycles. The maximum absolute atomic E-state index is 13.8. The summed E-state index contributed by atoms with van der Waals surface area (Å²) in [4.78, 5) is 12.2. The molecule has 1 unspecified atom stereocenters. The van der Waals surface area contributed by atoms with Gasteiger partial charge in [0.05, 0.1) is 5.41 Å². The number of benzene rings is 2. The van der Waals surface area contributed by atoms with Crippen molar-refractivity contribution in [3.05, 3.63) is 65.2 Å². The minimum atomic E-state index is -0.959. The van der Waals surface area contributed by atoms with Crippen molar-refractivity contribution in [2.45, 2.75) is 18.8 Å². The number of nitrogens with one attached hydrogen (secondary N) is 1. The van der Waals surface area contributed by atoms with Crippen molar-refractivity contribution >= 4 is 11.6 Å². The standard InChI is InChI=1S/C16H13F2NO/c1-16(9-10-4-2-3-5-13(10)18)12-8-11(17)6-7-14(12)19-15(16)20/h2-8H,9H2,1H3,(H,19,20). The van der Waals surface area contributed by atoms with Crippen LogP contribution < -0.4 is 5.32 Å². The molecule has 3 rings (SSSR count). The van der Waals surface area contributed by atoms with Crippen molar-refractivity contribution in [1.82, 2.24) is 0 Å². The Bertz CT molecular complexity index is 699. The van der Waals surface area contributed by atoms with Gasteiger partial charge in [-0.25, -0.2) is 8.78 Å². The summed E-state index contributed by atoms with van der Waals surface area (Å²) in [6.07, 6.45) is 0.196. The van der Waals surface area contributed by atoms with Crippen LogP contribution in [-0.4, -0.2) is 5.91 Å². The van der Waals surface area contributed by atoms with E-state index in [-0.39, 0.29) is 18.1 Å². The van der Waals surface area contributed by atoms with Gasteiger partial charge in [-0.15, -0.1) is 0 Å². The molecule has 2 aromatic carbocycles. The summed E-state index contributed by atoms with van der Waals surface area (Å²) in [5.41, 5.74) is 0.655. The zero-order valence-electron chi connectivity index (χ0n) is 10.9. The molecule has 4 heteroatoms. The molecule has 2 aromatic rings. The quantitative estimate of drug-likeness (QED) is 0.892. The van der Waals surface area contributed by atoms with Crippen LogP contribution in [0.1, 0.15) is 18.1 Å². The minimum Gasteiger partial charge on any atom is -0.325 e. The normalized spacial score (nSPS) is 20.6. The van der Waals surface area contributed by atoms with Crippen molar-refractivity contribution in [2.24, 2.45) is 0 Å². The molecular formula is C16H13F2NO. The van der Waals surface area contributed by atoms with E-state index in [2.05, 4.69) is 5.32 Å². The Morgan fingerprint density at radius 2 is 1.90 bits per heavy atom. The Morgan fingerprint density at radius 1 is 1.15 bits per heavy atom. The van der Waals surface area contributed by atoms with Crippen LogP contribution in [0.2, 0.25) is 0 Å². The van der Waals surface area contributed by atoms with Gasteiger partial charge in [0.25, 0.3) is 0 Å². The van der Waals surface area contributed by atoms with Crippen LogP contribution in [0, 0.1) is 11.6 Å². The van der Waals surface area contributed by atoms with Gasteiger partial charge < -0.3 is 5.32 Å². The number of fused-ring (bicyclic) bond motifs is 1. The number of carbonyl (C=O) groups is 1. The van der Waals surface area contributed by atoms with E-state index >= 15 is 0 Å². The maximum Gasteiger partial charge on any atom is 0.235 e. The molecular weight excluding hydrogens is 260 g/mol. The molecule has 0 saturated carbocycles. The molecule has 1 atom stereocenters. The van der Waals surface area contributed by atoms with Gasteiger partial charge in [0.1, 0.15) is 11.6 Å². The topological polar surface area (TPSA) is 29.1 Å². The summed E-state index contributed by atoms with van der Waals surface area (Å²) in [5.74, 6) is -0.993. The fraction of sp³-hybridized carbons (Fsp3) is 0.188. The summed E-state index contributed by atoms with van der Waals surface area (Å²) in [6, 6.07) is 10.5. The highest BCUT2D eigenvalue weighted by atomic mass is 19.1. The molecule has 2 nitrogen and oxygen atoms in total. The van der Waals surface area contributed by atoms with Gasteiger partial charge in [-0.1, -0.05) is 18.2 Å². The van der Waals surface area contributed by atoms with E-state index in [1.54, 1.807) is 25.1 Å². The van der Waals surface area contributed by atoms with Crippen LogP contribution >= 0.6 is 0 Å². The number of hydrogen-bond donors (Lipinski definition) is 1. The molecule has 0 aromatic heterocycles. The Hall–Kier alpha value is -2.23. The van der Waals surface area contributed by atoms with Crippen molar-refractivity contribution < 1.29 is 13.6 Å². The Labute approximate surface area is 115 Å². The number of anilines is 1. The third-order valence-electron chi connectivity index (χ3n) is 3.83. The van der Waals surface area contributed by atoms with Gasteiger partial charge in [-0.3, -0.25) is 4.79 Å². The lowest BCUT2D eigenvalue weighted by Gasteiger charge is -2.22. The molecule has 0 saturated heterocycles. The van der Waals surface area contributed by atoms with Gasteiger partial charge in [0, 0.05) is 5.69 Å². The van der Waals surface area contributed by atoms with Gasteiger partial charge >= 0.3 is 0 Å². The van der Waals surface area contributed by atoms with E-state index in [4.69, 9.17) is 0 Å². The molecule has 0 fully saturated rings. The molecule has 0 bridgehead atoms. The highest BCUT2D eigenvalue weighted by Gasteiger charge is 2.43. The average molecular weight is 273 g/mol. The van der Waals surface area contributed by atoms with Crippen LogP contribution in [0.5, 0.6) is 0 Å². The third-order valence-corrected chi connectivity index (χ3v) is 3.83. The second-order valence-electron chi connectivity index (χ2n) is 5.24. The van der Waals surface area contributed by atoms with Gasteiger partial charge in [-0.2, -0.15) is 0 Å². The SMILES string of the molecule is CC1(Cc2ccccc2F)C(=O)Nc2ccc(F)cc21. The number of hydrogen-bond acceptors (Lipinski definition) is 1. The first-order valence-corrected chi connectivity index (χ1v) is 6.35. The molecule has 0 aliphatic carbocycles. The first-order chi connectivity index (χ1) is 9.50. The number of rotatable bonds is 2. The van der Waals surface area contributed by atoms with E-state index in [1.807, 2.05) is 0 Å². The van der Waals surface area contributed by atoms with Crippen molar-refractivity contribution in [1.29, 1.82) is 0 Å². The summed E-state index contributed by atoms with van der Waals surface area (Å²) < 4.78 is 27.2. The number of carbonyl (C=O) groups excluding carboxylic acids is 1. The average Bonchev–Trinajstić information content (AvgIpc) is 2.65. The summed E-state index contributed by atoms with van der Waals surface area (Å²) >= 11 is 0. The lowest BCUT2D eigenvalue weighted by atomic mass is 9.78. The Morgan fingerprint density at radius 3 is 2.65 bits per heavy atom. The van der Waals surface area contributed by atoms with E-state index in [1.165, 1.54) is 24.3 Å². The van der Waals surface area contributed by atoms with E-state index in [9.17, 15) is 13.6 Å². The lowest BCUT2D eigenvalue weighted by Crippen LogP contribution is -2.33. The second kappa shape index (κ2) is 4.40. The van der Waals surface area contributed by atoms with Crippen LogP contribution in [0.4, 0.5) is 14.5 Å². The monoisotopic (exact) mass is 273 g/mol. The van der Waals surface area contributed by atoms with Crippen LogP contribution in [0.3, 0.4) is 0 Å². The van der Waals surface area contributed by atoms with Gasteiger partial charge in [0.15, 0.2) is 0 Å². The highest BCUT2D eigenvalue weighted by Crippen LogP contribution is 2.40. The van der Waals surface area contributed by atoms with Crippen LogP contribution in [0.15, 0.2) is 42.5 Å². The van der Waals surface area contributed by atoms with E-state index < -0.39 is 11.2 Å². The highest BCUT2D eigenvalue weighted by molar-refractivity contribution is 6.06. The van der Waals surface area contributed by atoms with Gasteiger partial charge in [0.2, 0.25) is 5.91 Å². The van der Waals surface area contributed by atoms with Crippen molar-refractivity contribution in [3.63, 3.8) is 0 Å². The predicted octanol–water partition coefficient (Wildman–Crippen LogP) is 3.42. The van der Waals surface area contributed by atoms with E-state index in [0.29, 0.717) is 16.8 Å². The summed E-state index contributed by atoms with van der Waals surface area (Å²) in [5, 5.41) is 2.73. The molecule has 0 radical (unpaired) electrons. The van der Waals surface area contributed by atoms with Crippen molar-refractivity contribution in [3.8, 4) is 0 Å². The molecule has 1 amide bonds. The third kappa shape index (κ3) is 1.88. The first-order valence-electron chi connectivity index (χ1n) is 6.35. The molecule has 20 heavy (non-hydrogen) atoms. The van der Waals surface area contributed by atoms with E-state index in [0.717, 1.165) is 0 Å². The number of amides is 1. The van der Waals surface area contributed by atoms with Gasteiger partial charge in [-0.05, 0) is 48.7 Å². The molecule has 102 valence electrons. The summed E-state index contributed by atoms with van der Waals surface area (Å²) in [6.45, 7) is 1.71. The van der Waals surface area contributed by atoms with Crippen molar-refractivity contribution in [2.75, 3.05) is 5.32 Å². The Kier molecular flexibility index (Phi) is 2.82. The fourth-order valence-electron chi connectivity index (χ4n) is 2.66. The van der Waals surface area contributed by atoms with Crippen LogP contribution in [0.25, 0.3) is 0 Å². The second-order valence-corrected chi connectivity index (χ2v) is 5.24. The smallest absolute Gasteiger partial charge is 0.235 e. The predicted molar refractivity (Wildman–Crippen MR) is 72.5 cm³/mol. The molecule has 0 spiro atoms. The summed E-state index contributed by atoms with van der Waals surface area (Å²) in [7, 11) is 0. The first kappa shape index (κ1) is 12.8. The minimum absolute atomic E-state index is 0.196. The molecule has 1 N–H and O–H groups in total. The fourth-order valence-corrected chi connectivity index (χ4v) is 2.66.